The lowest BCUT2D eigenvalue weighted by Crippen LogP contribution is -2.48. The highest BCUT2D eigenvalue weighted by atomic mass is 127. The normalized spacial score (nSPS) is 20.1. The summed E-state index contributed by atoms with van der Waals surface area (Å²) in [4.78, 5) is 23.5. The van der Waals surface area contributed by atoms with E-state index < -0.39 is 12.0 Å². The zero-order valence-corrected chi connectivity index (χ0v) is 13.0. The highest BCUT2D eigenvalue weighted by molar-refractivity contribution is 14.1. The molecule has 0 aromatic heterocycles. The summed E-state index contributed by atoms with van der Waals surface area (Å²) in [6.07, 6.45) is 1.58. The summed E-state index contributed by atoms with van der Waals surface area (Å²) in [5, 5.41) is 11.9. The highest BCUT2D eigenvalue weighted by Crippen LogP contribution is 2.18. The predicted octanol–water partition coefficient (Wildman–Crippen LogP) is 1.90. The maximum atomic E-state index is 12.1. The molecule has 2 N–H and O–H groups in total. The van der Waals surface area contributed by atoms with E-state index in [1.165, 1.54) is 0 Å². The highest BCUT2D eigenvalue weighted by Gasteiger charge is 2.31. The maximum absolute atomic E-state index is 12.1. The van der Waals surface area contributed by atoms with Gasteiger partial charge in [0, 0.05) is 21.7 Å². The Kier molecular flexibility index (Phi) is 5.36. The fourth-order valence-corrected chi connectivity index (χ4v) is 2.81. The van der Waals surface area contributed by atoms with Crippen LogP contribution in [0.3, 0.4) is 0 Å². The van der Waals surface area contributed by atoms with Crippen LogP contribution in [0, 0.1) is 9.49 Å². The second kappa shape index (κ2) is 7.03. The van der Waals surface area contributed by atoms with Gasteiger partial charge < -0.3 is 15.2 Å². The van der Waals surface area contributed by atoms with Crippen LogP contribution >= 0.6 is 22.6 Å². The zero-order chi connectivity index (χ0) is 14.5. The molecule has 1 fully saturated rings. The number of hydrogen-bond donors (Lipinski definition) is 2. The van der Waals surface area contributed by atoms with Crippen molar-refractivity contribution in [3.63, 3.8) is 0 Å². The summed E-state index contributed by atoms with van der Waals surface area (Å²) in [6.45, 7) is 1.04. The summed E-state index contributed by atoms with van der Waals surface area (Å²) in [6, 6.07) is 6.15. The number of carboxylic acid groups (broad SMARTS) is 1. The summed E-state index contributed by atoms with van der Waals surface area (Å²) in [5.41, 5.74) is 0.472. The van der Waals surface area contributed by atoms with E-state index in [1.807, 2.05) is 6.07 Å². The number of rotatable bonds is 4. The van der Waals surface area contributed by atoms with Crippen molar-refractivity contribution in [2.75, 3.05) is 13.2 Å². The van der Waals surface area contributed by atoms with Gasteiger partial charge in [-0.3, -0.25) is 4.79 Å². The van der Waals surface area contributed by atoms with E-state index >= 15 is 0 Å². The number of carbonyl (C=O) groups excluding carboxylic acids is 1. The number of nitrogens with one attached hydrogen (secondary N) is 1. The number of benzene rings is 1. The smallest absolute Gasteiger partial charge is 0.326 e. The molecule has 1 aliphatic heterocycles. The van der Waals surface area contributed by atoms with Crippen molar-refractivity contribution in [3.8, 4) is 0 Å². The molecule has 2 unspecified atom stereocenters. The molecule has 20 heavy (non-hydrogen) atoms. The van der Waals surface area contributed by atoms with Gasteiger partial charge in [0.2, 0.25) is 0 Å². The van der Waals surface area contributed by atoms with Gasteiger partial charge >= 0.3 is 5.97 Å². The Morgan fingerprint density at radius 3 is 2.85 bits per heavy atom. The molecule has 0 radical (unpaired) electrons. The van der Waals surface area contributed by atoms with Gasteiger partial charge in [0.25, 0.3) is 5.91 Å². The first-order valence-corrected chi connectivity index (χ1v) is 7.53. The number of ether oxygens (including phenoxy) is 1. The van der Waals surface area contributed by atoms with Crippen molar-refractivity contribution < 1.29 is 19.4 Å². The average molecular weight is 389 g/mol. The maximum Gasteiger partial charge on any atom is 0.326 e. The summed E-state index contributed by atoms with van der Waals surface area (Å²) >= 11 is 2.11. The van der Waals surface area contributed by atoms with Gasteiger partial charge in [-0.25, -0.2) is 4.79 Å². The second-order valence-electron chi connectivity index (χ2n) is 4.78. The van der Waals surface area contributed by atoms with E-state index in [2.05, 4.69) is 27.9 Å². The van der Waals surface area contributed by atoms with Crippen molar-refractivity contribution in [3.05, 3.63) is 33.4 Å². The number of carbonyl (C=O) groups is 2. The molecule has 0 saturated carbocycles. The van der Waals surface area contributed by atoms with Crippen molar-refractivity contribution in [2.24, 2.45) is 5.92 Å². The first-order valence-electron chi connectivity index (χ1n) is 6.45. The molecule has 0 aliphatic carbocycles. The van der Waals surface area contributed by atoms with Gasteiger partial charge in [-0.2, -0.15) is 0 Å². The molecule has 1 aromatic rings. The molecule has 0 spiro atoms. The van der Waals surface area contributed by atoms with Gasteiger partial charge in [-0.15, -0.1) is 0 Å². The van der Waals surface area contributed by atoms with Crippen molar-refractivity contribution in [1.82, 2.24) is 5.32 Å². The Morgan fingerprint density at radius 1 is 1.45 bits per heavy atom. The van der Waals surface area contributed by atoms with Crippen LogP contribution in [0.4, 0.5) is 0 Å². The molecule has 0 bridgehead atoms. The number of amides is 1. The van der Waals surface area contributed by atoms with Crippen LogP contribution in [0.2, 0.25) is 0 Å². The van der Waals surface area contributed by atoms with Crippen molar-refractivity contribution in [1.29, 1.82) is 0 Å². The largest absolute Gasteiger partial charge is 0.480 e. The fraction of sp³-hybridized carbons (Fsp3) is 0.429. The Bertz CT molecular complexity index is 500. The van der Waals surface area contributed by atoms with Gasteiger partial charge in [0.05, 0.1) is 6.61 Å². The minimum Gasteiger partial charge on any atom is -0.480 e. The molecular formula is C14H16INO4. The van der Waals surface area contributed by atoms with E-state index in [0.717, 1.165) is 16.4 Å². The lowest BCUT2D eigenvalue weighted by Gasteiger charge is -2.28. The SMILES string of the molecule is O=C(NC(C(=O)O)C1CCCOC1)c1cccc(I)c1. The molecule has 1 aliphatic rings. The molecule has 2 rings (SSSR count). The third kappa shape index (κ3) is 3.92. The Labute approximate surface area is 130 Å². The minimum absolute atomic E-state index is 0.173. The second-order valence-corrected chi connectivity index (χ2v) is 6.02. The molecule has 1 saturated heterocycles. The zero-order valence-electron chi connectivity index (χ0n) is 10.8. The van der Waals surface area contributed by atoms with Gasteiger partial charge in [-0.05, 0) is 53.6 Å². The Hall–Kier alpha value is -1.15. The van der Waals surface area contributed by atoms with E-state index in [0.29, 0.717) is 18.8 Å². The first-order chi connectivity index (χ1) is 9.58. The van der Waals surface area contributed by atoms with Crippen molar-refractivity contribution in [2.45, 2.75) is 18.9 Å². The van der Waals surface area contributed by atoms with E-state index in [4.69, 9.17) is 4.74 Å². The molecule has 6 heteroatoms. The number of carboxylic acids is 1. The molecule has 2 atom stereocenters. The van der Waals surface area contributed by atoms with Crippen LogP contribution in [0.25, 0.3) is 0 Å². The number of hydrogen-bond acceptors (Lipinski definition) is 3. The lowest BCUT2D eigenvalue weighted by molar-refractivity contribution is -0.142. The average Bonchev–Trinajstić information content (AvgIpc) is 2.45. The molecule has 5 nitrogen and oxygen atoms in total. The van der Waals surface area contributed by atoms with Crippen LogP contribution in [0.1, 0.15) is 23.2 Å². The quantitative estimate of drug-likeness (QED) is 0.772. The predicted molar refractivity (Wildman–Crippen MR) is 81.6 cm³/mol. The lowest BCUT2D eigenvalue weighted by atomic mass is 9.93. The number of aliphatic carboxylic acids is 1. The third-order valence-electron chi connectivity index (χ3n) is 3.31. The topological polar surface area (TPSA) is 75.6 Å². The first kappa shape index (κ1) is 15.2. The van der Waals surface area contributed by atoms with E-state index in [9.17, 15) is 14.7 Å². The monoisotopic (exact) mass is 389 g/mol. The minimum atomic E-state index is -1.01. The molecule has 1 aromatic carbocycles. The van der Waals surface area contributed by atoms with Gasteiger partial charge in [0.15, 0.2) is 0 Å². The van der Waals surface area contributed by atoms with E-state index in [1.54, 1.807) is 18.2 Å². The number of halogens is 1. The standard InChI is InChI=1S/C14H16INO4/c15-11-5-1-3-9(7-11)13(17)16-12(14(18)19)10-4-2-6-20-8-10/h1,3,5,7,10,12H,2,4,6,8H2,(H,16,17)(H,18,19). The summed E-state index contributed by atoms with van der Waals surface area (Å²) in [7, 11) is 0. The third-order valence-corrected chi connectivity index (χ3v) is 3.98. The van der Waals surface area contributed by atoms with Crippen LogP contribution in [0.15, 0.2) is 24.3 Å². The summed E-state index contributed by atoms with van der Waals surface area (Å²) < 4.78 is 6.24. The Balaban J connectivity index is 2.07. The van der Waals surface area contributed by atoms with Crippen molar-refractivity contribution >= 4 is 34.5 Å². The molecule has 1 heterocycles. The van der Waals surface area contributed by atoms with Gasteiger partial charge in [0.1, 0.15) is 6.04 Å². The van der Waals surface area contributed by atoms with Gasteiger partial charge in [-0.1, -0.05) is 6.07 Å². The molecule has 108 valence electrons. The van der Waals surface area contributed by atoms with Crippen LogP contribution in [0.5, 0.6) is 0 Å². The summed E-state index contributed by atoms with van der Waals surface area (Å²) in [5.74, 6) is -1.55. The molecule has 1 amide bonds. The van der Waals surface area contributed by atoms with E-state index in [-0.39, 0.29) is 11.8 Å². The van der Waals surface area contributed by atoms with Crippen LogP contribution < -0.4 is 5.32 Å². The Morgan fingerprint density at radius 2 is 2.25 bits per heavy atom. The molecular weight excluding hydrogens is 373 g/mol. The fourth-order valence-electron chi connectivity index (χ4n) is 2.26. The van der Waals surface area contributed by atoms with Crippen LogP contribution in [-0.4, -0.2) is 36.2 Å². The van der Waals surface area contributed by atoms with Crippen LogP contribution in [-0.2, 0) is 9.53 Å².